The summed E-state index contributed by atoms with van der Waals surface area (Å²) >= 11 is 0. The summed E-state index contributed by atoms with van der Waals surface area (Å²) < 4.78 is 10.9. The molecule has 0 amide bonds. The van der Waals surface area contributed by atoms with Crippen LogP contribution in [-0.2, 0) is 0 Å². The number of furan rings is 2. The summed E-state index contributed by atoms with van der Waals surface area (Å²) in [5, 5.41) is 9.78. The van der Waals surface area contributed by atoms with E-state index in [2.05, 4.69) is 0 Å². The summed E-state index contributed by atoms with van der Waals surface area (Å²) in [5.41, 5.74) is 6.65. The van der Waals surface area contributed by atoms with E-state index >= 15 is 0 Å². The molecule has 0 spiro atoms. The fourth-order valence-electron chi connectivity index (χ4n) is 1.72. The van der Waals surface area contributed by atoms with Crippen molar-refractivity contribution < 1.29 is 8.83 Å². The lowest BCUT2D eigenvalue weighted by Gasteiger charge is -1.87. The molecule has 0 aliphatic heterocycles. The van der Waals surface area contributed by atoms with E-state index in [0.717, 1.165) is 11.0 Å². The molecule has 0 unspecified atom stereocenters. The number of nitrogens with two attached hydrogens (primary N) is 1. The van der Waals surface area contributed by atoms with Crippen LogP contribution in [0.1, 0.15) is 5.56 Å². The van der Waals surface area contributed by atoms with Gasteiger partial charge in [0.05, 0.1) is 0 Å². The third-order valence-corrected chi connectivity index (χ3v) is 2.55. The summed E-state index contributed by atoms with van der Waals surface area (Å²) in [4.78, 5) is 0. The first-order valence-corrected chi connectivity index (χ1v) is 5.06. The molecular weight excluding hydrogens is 216 g/mol. The molecule has 3 aromatic rings. The summed E-state index contributed by atoms with van der Waals surface area (Å²) in [6.45, 7) is 0. The number of benzene rings is 1. The van der Waals surface area contributed by atoms with Crippen LogP contribution in [0.15, 0.2) is 45.2 Å². The molecule has 0 saturated carbocycles. The van der Waals surface area contributed by atoms with Gasteiger partial charge in [0.2, 0.25) is 5.88 Å². The third kappa shape index (κ3) is 1.45. The van der Waals surface area contributed by atoms with Gasteiger partial charge < -0.3 is 14.6 Å². The Kier molecular flexibility index (Phi) is 1.92. The van der Waals surface area contributed by atoms with Crippen molar-refractivity contribution in [3.8, 4) is 17.6 Å². The van der Waals surface area contributed by atoms with Crippen LogP contribution in [0.5, 0.6) is 0 Å². The highest BCUT2D eigenvalue weighted by molar-refractivity contribution is 5.82. The minimum atomic E-state index is 0.114. The van der Waals surface area contributed by atoms with Gasteiger partial charge in [0.15, 0.2) is 11.5 Å². The Morgan fingerprint density at radius 3 is 2.53 bits per heavy atom. The monoisotopic (exact) mass is 224 g/mol. The van der Waals surface area contributed by atoms with Crippen LogP contribution >= 0.6 is 0 Å². The van der Waals surface area contributed by atoms with Gasteiger partial charge in [-0.25, -0.2) is 0 Å². The predicted octanol–water partition coefficient (Wildman–Crippen LogP) is 3.15. The van der Waals surface area contributed by atoms with E-state index in [4.69, 9.17) is 19.8 Å². The zero-order valence-corrected chi connectivity index (χ0v) is 8.81. The number of rotatable bonds is 1. The first-order chi connectivity index (χ1) is 8.28. The van der Waals surface area contributed by atoms with Crippen molar-refractivity contribution in [1.29, 1.82) is 5.26 Å². The second-order valence-electron chi connectivity index (χ2n) is 3.65. The molecule has 82 valence electrons. The molecule has 0 saturated heterocycles. The zero-order valence-electron chi connectivity index (χ0n) is 8.81. The van der Waals surface area contributed by atoms with Gasteiger partial charge in [-0.15, -0.1) is 0 Å². The molecule has 3 rings (SSSR count). The molecule has 2 N–H and O–H groups in total. The summed E-state index contributed by atoms with van der Waals surface area (Å²) in [6.07, 6.45) is 0. The Morgan fingerprint density at radius 1 is 1.06 bits per heavy atom. The van der Waals surface area contributed by atoms with Crippen LogP contribution in [0.25, 0.3) is 22.5 Å². The van der Waals surface area contributed by atoms with Gasteiger partial charge in [-0.05, 0) is 12.1 Å². The van der Waals surface area contributed by atoms with Gasteiger partial charge in [-0.3, -0.25) is 0 Å². The van der Waals surface area contributed by atoms with E-state index in [0.29, 0.717) is 17.1 Å². The Hall–Kier alpha value is -2.67. The average Bonchev–Trinajstić information content (AvgIpc) is 2.91. The van der Waals surface area contributed by atoms with Crippen LogP contribution < -0.4 is 5.73 Å². The standard InChI is InChI=1S/C13H8N2O2/c14-7-9-6-12(17-13(9)15)11-5-8-3-1-2-4-10(8)16-11/h1-6H,15H2. The number of nitrogen functional groups attached to an aromatic ring is 1. The summed E-state index contributed by atoms with van der Waals surface area (Å²) in [6, 6.07) is 13.0. The predicted molar refractivity (Wildman–Crippen MR) is 63.0 cm³/mol. The maximum atomic E-state index is 8.80. The van der Waals surface area contributed by atoms with E-state index in [9.17, 15) is 0 Å². The molecule has 4 nitrogen and oxygen atoms in total. The molecule has 2 aromatic heterocycles. The lowest BCUT2D eigenvalue weighted by atomic mass is 10.2. The summed E-state index contributed by atoms with van der Waals surface area (Å²) in [7, 11) is 0. The van der Waals surface area contributed by atoms with E-state index in [1.165, 1.54) is 0 Å². The van der Waals surface area contributed by atoms with Crippen molar-refractivity contribution in [2.75, 3.05) is 5.73 Å². The highest BCUT2D eigenvalue weighted by Crippen LogP contribution is 2.31. The number of para-hydroxylation sites is 1. The zero-order chi connectivity index (χ0) is 11.8. The van der Waals surface area contributed by atoms with E-state index in [1.807, 2.05) is 36.4 Å². The molecular formula is C13H8N2O2. The third-order valence-electron chi connectivity index (χ3n) is 2.55. The first kappa shape index (κ1) is 9.55. The minimum Gasteiger partial charge on any atom is -0.453 e. The SMILES string of the molecule is N#Cc1cc(-c2cc3ccccc3o2)oc1N. The molecule has 4 heteroatoms. The van der Waals surface area contributed by atoms with E-state index < -0.39 is 0 Å². The number of anilines is 1. The second kappa shape index (κ2) is 3.42. The molecule has 2 heterocycles. The van der Waals surface area contributed by atoms with Gasteiger partial charge in [0, 0.05) is 11.5 Å². The molecule has 0 bridgehead atoms. The van der Waals surface area contributed by atoms with Crippen molar-refractivity contribution in [2.24, 2.45) is 0 Å². The van der Waals surface area contributed by atoms with Crippen molar-refractivity contribution in [2.45, 2.75) is 0 Å². The summed E-state index contributed by atoms with van der Waals surface area (Å²) in [5.74, 6) is 1.15. The van der Waals surface area contributed by atoms with Crippen LogP contribution in [0.3, 0.4) is 0 Å². The smallest absolute Gasteiger partial charge is 0.209 e. The Balaban J connectivity index is 2.17. The molecule has 1 aromatic carbocycles. The maximum Gasteiger partial charge on any atom is 0.209 e. The number of nitriles is 1. The molecule has 0 radical (unpaired) electrons. The fourth-order valence-corrected chi connectivity index (χ4v) is 1.72. The van der Waals surface area contributed by atoms with E-state index in [-0.39, 0.29) is 5.88 Å². The highest BCUT2D eigenvalue weighted by Gasteiger charge is 2.13. The molecule has 0 aliphatic carbocycles. The van der Waals surface area contributed by atoms with Crippen LogP contribution in [0.4, 0.5) is 5.88 Å². The van der Waals surface area contributed by atoms with Gasteiger partial charge >= 0.3 is 0 Å². The quantitative estimate of drug-likeness (QED) is 0.688. The lowest BCUT2D eigenvalue weighted by Crippen LogP contribution is -1.82. The van der Waals surface area contributed by atoms with Gasteiger partial charge in [-0.1, -0.05) is 18.2 Å². The van der Waals surface area contributed by atoms with Crippen LogP contribution in [0, 0.1) is 11.3 Å². The largest absolute Gasteiger partial charge is 0.453 e. The number of fused-ring (bicyclic) bond motifs is 1. The van der Waals surface area contributed by atoms with Crippen LogP contribution in [-0.4, -0.2) is 0 Å². The molecule has 0 atom stereocenters. The Morgan fingerprint density at radius 2 is 1.82 bits per heavy atom. The normalized spacial score (nSPS) is 10.5. The van der Waals surface area contributed by atoms with Crippen molar-refractivity contribution in [3.05, 3.63) is 42.0 Å². The Labute approximate surface area is 96.9 Å². The maximum absolute atomic E-state index is 8.80. The minimum absolute atomic E-state index is 0.114. The molecule has 17 heavy (non-hydrogen) atoms. The molecule has 0 aliphatic rings. The lowest BCUT2D eigenvalue weighted by molar-refractivity contribution is 0.555. The van der Waals surface area contributed by atoms with Crippen LogP contribution in [0.2, 0.25) is 0 Å². The highest BCUT2D eigenvalue weighted by atomic mass is 16.4. The van der Waals surface area contributed by atoms with Gasteiger partial charge in [-0.2, -0.15) is 5.26 Å². The topological polar surface area (TPSA) is 76.1 Å². The number of hydrogen-bond donors (Lipinski definition) is 1. The fraction of sp³-hybridized carbons (Fsp3) is 0. The van der Waals surface area contributed by atoms with Gasteiger partial charge in [0.1, 0.15) is 17.2 Å². The average molecular weight is 224 g/mol. The van der Waals surface area contributed by atoms with Gasteiger partial charge in [0.25, 0.3) is 0 Å². The number of hydrogen-bond acceptors (Lipinski definition) is 4. The number of nitrogens with zero attached hydrogens (tertiary/aromatic N) is 1. The second-order valence-corrected chi connectivity index (χ2v) is 3.65. The first-order valence-electron chi connectivity index (χ1n) is 5.06. The van der Waals surface area contributed by atoms with Crippen molar-refractivity contribution >= 4 is 16.9 Å². The van der Waals surface area contributed by atoms with E-state index in [1.54, 1.807) is 6.07 Å². The van der Waals surface area contributed by atoms with Crippen molar-refractivity contribution in [3.63, 3.8) is 0 Å². The van der Waals surface area contributed by atoms with Crippen molar-refractivity contribution in [1.82, 2.24) is 0 Å². The molecule has 0 fully saturated rings. The Bertz CT molecular complexity index is 698.